The average Bonchev–Trinajstić information content (AvgIpc) is 3.56. The van der Waals surface area contributed by atoms with Gasteiger partial charge in [0.05, 0.1) is 18.7 Å². The van der Waals surface area contributed by atoms with E-state index in [2.05, 4.69) is 31.4 Å². The highest BCUT2D eigenvalue weighted by Gasteiger charge is 2.29. The van der Waals surface area contributed by atoms with Crippen molar-refractivity contribution in [3.63, 3.8) is 0 Å². The van der Waals surface area contributed by atoms with Crippen LogP contribution in [-0.2, 0) is 47.2 Å². The van der Waals surface area contributed by atoms with E-state index in [0.29, 0.717) is 36.6 Å². The van der Waals surface area contributed by atoms with Gasteiger partial charge in [0.25, 0.3) is 11.5 Å². The molecular formula is C36H43N9O6. The van der Waals surface area contributed by atoms with Gasteiger partial charge < -0.3 is 25.6 Å². The molecule has 0 saturated heterocycles. The molecule has 1 aliphatic rings. The maximum Gasteiger partial charge on any atom is 0.274 e. The molecule has 3 heterocycles. The van der Waals surface area contributed by atoms with E-state index in [1.54, 1.807) is 29.1 Å². The summed E-state index contributed by atoms with van der Waals surface area (Å²) in [7, 11) is 1.46. The Morgan fingerprint density at radius 2 is 1.75 bits per heavy atom. The van der Waals surface area contributed by atoms with Crippen molar-refractivity contribution in [3.05, 3.63) is 106 Å². The lowest BCUT2D eigenvalue weighted by Gasteiger charge is -2.26. The monoisotopic (exact) mass is 697 g/mol. The summed E-state index contributed by atoms with van der Waals surface area (Å²) in [5.41, 5.74) is 1.89. The Hall–Kier alpha value is -5.86. The lowest BCUT2D eigenvalue weighted by atomic mass is 10.0. The molecule has 0 fully saturated rings. The van der Waals surface area contributed by atoms with Crippen LogP contribution in [0, 0.1) is 5.92 Å². The number of fused-ring (bicyclic) bond motifs is 4. The van der Waals surface area contributed by atoms with Crippen LogP contribution in [0.15, 0.2) is 77.7 Å². The molecule has 0 saturated carbocycles. The molecule has 0 radical (unpaired) electrons. The van der Waals surface area contributed by atoms with Crippen LogP contribution in [0.3, 0.4) is 0 Å². The number of rotatable bonds is 4. The van der Waals surface area contributed by atoms with Gasteiger partial charge in [-0.3, -0.25) is 24.0 Å². The van der Waals surface area contributed by atoms with Crippen LogP contribution in [0.25, 0.3) is 0 Å². The van der Waals surface area contributed by atoms with Crippen molar-refractivity contribution in [2.45, 2.75) is 51.7 Å². The molecule has 268 valence electrons. The molecule has 51 heavy (non-hydrogen) atoms. The first kappa shape index (κ1) is 36.4. The maximum absolute atomic E-state index is 13.7. The normalized spacial score (nSPS) is 18.3. The number of benzene rings is 2. The Morgan fingerprint density at radius 1 is 0.941 bits per heavy atom. The standard InChI is InChI=1S/C36H43N9O6/c1-24(2)33-35(49)38-30(21-25-8-5-4-6-9-25)34(48)37-15-17-44(36(50)29-12-13-32(47)43(3)41-29)16-14-27-23-45(42-40-27)18-19-51-28-11-7-10-26(20-28)22-31(46)39-33/h4-13,20,23-24,30,33H,14-19,21-22H2,1-3H3,(H,37,48)(H,38,49)(H,39,46)/t30-,33+/m0/s1. The Morgan fingerprint density at radius 3 is 2.51 bits per heavy atom. The number of hydrogen-bond donors (Lipinski definition) is 3. The molecule has 2 atom stereocenters. The van der Waals surface area contributed by atoms with Crippen LogP contribution in [0.1, 0.15) is 41.2 Å². The SMILES string of the molecule is CC(C)[C@H]1NC(=O)Cc2cccc(c2)OCCn2cc(nn2)CCN(C(=O)c2ccc(=O)n(C)n2)CCNC(=O)[C@H](Cc2ccccc2)NC1=O. The summed E-state index contributed by atoms with van der Waals surface area (Å²) in [6.45, 7) is 4.73. The highest BCUT2D eigenvalue weighted by atomic mass is 16.5. The fourth-order valence-electron chi connectivity index (χ4n) is 5.61. The number of amides is 4. The molecule has 4 bridgehead atoms. The molecule has 4 aromatic rings. The number of aryl methyl sites for hydroxylation is 1. The van der Waals surface area contributed by atoms with Gasteiger partial charge in [-0.2, -0.15) is 5.10 Å². The van der Waals surface area contributed by atoms with Gasteiger partial charge in [0, 0.05) is 51.8 Å². The van der Waals surface area contributed by atoms with Gasteiger partial charge in [0.1, 0.15) is 30.1 Å². The first-order valence-electron chi connectivity index (χ1n) is 16.9. The van der Waals surface area contributed by atoms with Gasteiger partial charge >= 0.3 is 0 Å². The van der Waals surface area contributed by atoms with E-state index < -0.39 is 29.8 Å². The summed E-state index contributed by atoms with van der Waals surface area (Å²) < 4.78 is 8.66. The Labute approximate surface area is 295 Å². The van der Waals surface area contributed by atoms with Crippen molar-refractivity contribution in [3.8, 4) is 5.75 Å². The van der Waals surface area contributed by atoms with E-state index in [-0.39, 0.29) is 55.6 Å². The summed E-state index contributed by atoms with van der Waals surface area (Å²) in [6.07, 6.45) is 2.36. The first-order chi connectivity index (χ1) is 24.5. The van der Waals surface area contributed by atoms with Crippen LogP contribution in [0.2, 0.25) is 0 Å². The van der Waals surface area contributed by atoms with Crippen molar-refractivity contribution in [1.82, 2.24) is 45.6 Å². The van der Waals surface area contributed by atoms with Gasteiger partial charge in [0.2, 0.25) is 17.7 Å². The van der Waals surface area contributed by atoms with Crippen LogP contribution in [-0.4, -0.2) is 91.6 Å². The third kappa shape index (κ3) is 10.3. The topological polar surface area (TPSA) is 182 Å². The minimum Gasteiger partial charge on any atom is -0.492 e. The zero-order valence-corrected chi connectivity index (χ0v) is 28.9. The second-order valence-electron chi connectivity index (χ2n) is 12.7. The zero-order valence-electron chi connectivity index (χ0n) is 28.9. The summed E-state index contributed by atoms with van der Waals surface area (Å²) in [6, 6.07) is 17.2. The third-order valence-electron chi connectivity index (χ3n) is 8.41. The van der Waals surface area contributed by atoms with Crippen LogP contribution >= 0.6 is 0 Å². The number of ether oxygens (including phenoxy) is 1. The van der Waals surface area contributed by atoms with Crippen molar-refractivity contribution >= 4 is 23.6 Å². The van der Waals surface area contributed by atoms with E-state index in [1.807, 2.05) is 50.2 Å². The zero-order chi connectivity index (χ0) is 36.3. The van der Waals surface area contributed by atoms with Gasteiger partial charge in [-0.15, -0.1) is 5.10 Å². The lowest BCUT2D eigenvalue weighted by molar-refractivity contribution is -0.132. The molecule has 0 spiro atoms. The molecule has 15 heteroatoms. The van der Waals surface area contributed by atoms with Gasteiger partial charge in [0.15, 0.2) is 0 Å². The third-order valence-corrected chi connectivity index (χ3v) is 8.41. The van der Waals surface area contributed by atoms with Gasteiger partial charge in [-0.05, 0) is 35.2 Å². The summed E-state index contributed by atoms with van der Waals surface area (Å²) in [5.74, 6) is -1.43. The number of carbonyl (C=O) groups excluding carboxylic acids is 4. The van der Waals surface area contributed by atoms with Crippen molar-refractivity contribution in [1.29, 1.82) is 0 Å². The molecule has 0 unspecified atom stereocenters. The summed E-state index contributed by atoms with van der Waals surface area (Å²) in [4.78, 5) is 67.6. The highest BCUT2D eigenvalue weighted by molar-refractivity contribution is 5.93. The fraction of sp³-hybridized carbons (Fsp3) is 0.389. The second kappa shape index (κ2) is 17.2. The van der Waals surface area contributed by atoms with Crippen LogP contribution in [0.5, 0.6) is 5.75 Å². The number of hydrogen-bond acceptors (Lipinski definition) is 9. The summed E-state index contributed by atoms with van der Waals surface area (Å²) >= 11 is 0. The first-order valence-corrected chi connectivity index (χ1v) is 16.9. The molecular weight excluding hydrogens is 654 g/mol. The highest BCUT2D eigenvalue weighted by Crippen LogP contribution is 2.15. The van der Waals surface area contributed by atoms with Crippen LogP contribution < -0.4 is 26.2 Å². The summed E-state index contributed by atoms with van der Waals surface area (Å²) in [5, 5.41) is 21.1. The van der Waals surface area contributed by atoms with Gasteiger partial charge in [-0.1, -0.05) is 61.5 Å². The molecule has 2 aromatic heterocycles. The molecule has 1 aliphatic heterocycles. The molecule has 3 N–H and O–H groups in total. The number of carbonyl (C=O) groups is 4. The van der Waals surface area contributed by atoms with E-state index in [9.17, 15) is 24.0 Å². The molecule has 5 rings (SSSR count). The predicted molar refractivity (Wildman–Crippen MR) is 187 cm³/mol. The predicted octanol–water partition coefficient (Wildman–Crippen LogP) is 0.676. The van der Waals surface area contributed by atoms with Crippen molar-refractivity contribution in [2.75, 3.05) is 26.2 Å². The maximum atomic E-state index is 13.7. The molecule has 0 aliphatic carbocycles. The second-order valence-corrected chi connectivity index (χ2v) is 12.7. The number of nitrogens with zero attached hydrogens (tertiary/aromatic N) is 6. The number of aromatic nitrogens is 5. The largest absolute Gasteiger partial charge is 0.492 e. The molecule has 15 nitrogen and oxygen atoms in total. The minimum atomic E-state index is -0.974. The van der Waals surface area contributed by atoms with Crippen LogP contribution in [0.4, 0.5) is 0 Å². The lowest BCUT2D eigenvalue weighted by Crippen LogP contribution is -2.56. The van der Waals surface area contributed by atoms with E-state index in [4.69, 9.17) is 4.74 Å². The molecule has 2 aromatic carbocycles. The van der Waals surface area contributed by atoms with E-state index in [1.165, 1.54) is 24.1 Å². The van der Waals surface area contributed by atoms with Crippen molar-refractivity contribution in [2.24, 2.45) is 13.0 Å². The van der Waals surface area contributed by atoms with Crippen molar-refractivity contribution < 1.29 is 23.9 Å². The number of nitrogens with one attached hydrogen (secondary N) is 3. The molecule has 4 amide bonds. The van der Waals surface area contributed by atoms with E-state index in [0.717, 1.165) is 10.2 Å². The average molecular weight is 698 g/mol. The minimum absolute atomic E-state index is 0.0259. The Kier molecular flexibility index (Phi) is 12.3. The van der Waals surface area contributed by atoms with E-state index >= 15 is 0 Å². The fourth-order valence-corrected chi connectivity index (χ4v) is 5.61. The van der Waals surface area contributed by atoms with Gasteiger partial charge in [-0.25, -0.2) is 9.36 Å². The Bertz CT molecular complexity index is 1890. The quantitative estimate of drug-likeness (QED) is 0.276. The Balaban J connectivity index is 1.41. The smallest absolute Gasteiger partial charge is 0.274 e.